The second-order valence-corrected chi connectivity index (χ2v) is 6.91. The van der Waals surface area contributed by atoms with Gasteiger partial charge in [-0.15, -0.1) is 0 Å². The standard InChI is InChI=1S/C17H17ClFN5O4/c1-3-13-16-9(5-15(25)21-22-16)4-8(2)23(13)17(26)20-12-6-10(18)14(24(27)28)7-11(12)19/h5-8,13H,3-4H2,1-2H3,(H,20,26)(H,21,25). The fourth-order valence-electron chi connectivity index (χ4n) is 3.44. The molecule has 1 aromatic heterocycles. The molecule has 0 saturated heterocycles. The number of hydrogen-bond donors (Lipinski definition) is 2. The van der Waals surface area contributed by atoms with Crippen LogP contribution < -0.4 is 10.9 Å². The van der Waals surface area contributed by atoms with Gasteiger partial charge in [-0.25, -0.2) is 14.3 Å². The molecular weight excluding hydrogens is 393 g/mol. The van der Waals surface area contributed by atoms with E-state index in [0.29, 0.717) is 24.6 Å². The van der Waals surface area contributed by atoms with Crippen LogP contribution in [0.15, 0.2) is 23.0 Å². The first-order valence-electron chi connectivity index (χ1n) is 8.54. The highest BCUT2D eigenvalue weighted by Gasteiger charge is 2.36. The second kappa shape index (κ2) is 7.55. The van der Waals surface area contributed by atoms with Crippen molar-refractivity contribution in [2.45, 2.75) is 38.8 Å². The number of nitrogens with one attached hydrogen (secondary N) is 2. The normalized spacial score (nSPS) is 18.5. The van der Waals surface area contributed by atoms with Crippen LogP contribution in [0.25, 0.3) is 0 Å². The molecule has 2 atom stereocenters. The molecule has 0 aliphatic carbocycles. The number of hydrogen-bond acceptors (Lipinski definition) is 5. The van der Waals surface area contributed by atoms with Crippen molar-refractivity contribution in [1.29, 1.82) is 0 Å². The summed E-state index contributed by atoms with van der Waals surface area (Å²) in [4.78, 5) is 36.0. The van der Waals surface area contributed by atoms with Gasteiger partial charge in [0.1, 0.15) is 5.02 Å². The maximum absolute atomic E-state index is 14.2. The maximum atomic E-state index is 14.2. The number of nitro benzene ring substituents is 1. The average molecular weight is 410 g/mol. The fourth-order valence-corrected chi connectivity index (χ4v) is 3.68. The predicted octanol–water partition coefficient (Wildman–Crippen LogP) is 3.40. The van der Waals surface area contributed by atoms with Crippen molar-refractivity contribution in [1.82, 2.24) is 15.1 Å². The molecule has 0 radical (unpaired) electrons. The number of nitrogens with zero attached hydrogens (tertiary/aromatic N) is 3. The third kappa shape index (κ3) is 3.55. The number of aromatic amines is 1. The average Bonchev–Trinajstić information content (AvgIpc) is 2.62. The number of aromatic nitrogens is 2. The van der Waals surface area contributed by atoms with Gasteiger partial charge >= 0.3 is 6.03 Å². The Balaban J connectivity index is 1.92. The van der Waals surface area contributed by atoms with Crippen molar-refractivity contribution in [2.24, 2.45) is 0 Å². The van der Waals surface area contributed by atoms with E-state index in [1.54, 1.807) is 0 Å². The molecule has 2 aromatic rings. The number of fused-ring (bicyclic) bond motifs is 1. The molecule has 1 aromatic carbocycles. The first-order valence-corrected chi connectivity index (χ1v) is 8.92. The van der Waals surface area contributed by atoms with Gasteiger partial charge in [0.15, 0.2) is 5.82 Å². The Labute approximate surface area is 163 Å². The van der Waals surface area contributed by atoms with Gasteiger partial charge in [0.2, 0.25) is 0 Å². The maximum Gasteiger partial charge on any atom is 0.322 e. The molecule has 28 heavy (non-hydrogen) atoms. The summed E-state index contributed by atoms with van der Waals surface area (Å²) >= 11 is 5.82. The number of carbonyl (C=O) groups is 1. The Kier molecular flexibility index (Phi) is 5.32. The highest BCUT2D eigenvalue weighted by molar-refractivity contribution is 6.33. The Morgan fingerprint density at radius 1 is 1.50 bits per heavy atom. The highest BCUT2D eigenvalue weighted by Crippen LogP contribution is 2.35. The molecule has 2 unspecified atom stereocenters. The number of H-pyrrole nitrogens is 1. The topological polar surface area (TPSA) is 121 Å². The zero-order valence-corrected chi connectivity index (χ0v) is 15.8. The van der Waals surface area contributed by atoms with Gasteiger partial charge < -0.3 is 10.2 Å². The van der Waals surface area contributed by atoms with Crippen molar-refractivity contribution in [3.05, 3.63) is 60.8 Å². The van der Waals surface area contributed by atoms with Crippen molar-refractivity contribution in [3.8, 4) is 0 Å². The third-order valence-corrected chi connectivity index (χ3v) is 4.96. The molecule has 0 saturated carbocycles. The van der Waals surface area contributed by atoms with E-state index in [-0.39, 0.29) is 22.3 Å². The lowest BCUT2D eigenvalue weighted by atomic mass is 9.92. The van der Waals surface area contributed by atoms with Crippen LogP contribution in [0.4, 0.5) is 20.6 Å². The van der Waals surface area contributed by atoms with Gasteiger partial charge in [0.05, 0.1) is 28.4 Å². The zero-order chi connectivity index (χ0) is 20.6. The van der Waals surface area contributed by atoms with E-state index < -0.39 is 28.5 Å². The van der Waals surface area contributed by atoms with Crippen LogP contribution in [-0.4, -0.2) is 32.1 Å². The molecule has 1 aliphatic rings. The predicted molar refractivity (Wildman–Crippen MR) is 100.0 cm³/mol. The van der Waals surface area contributed by atoms with Crippen LogP contribution in [0.3, 0.4) is 0 Å². The highest BCUT2D eigenvalue weighted by atomic mass is 35.5. The number of amides is 2. The van der Waals surface area contributed by atoms with Crippen LogP contribution in [-0.2, 0) is 6.42 Å². The van der Waals surface area contributed by atoms with Crippen LogP contribution in [0.1, 0.15) is 37.6 Å². The molecule has 0 fully saturated rings. The van der Waals surface area contributed by atoms with E-state index in [1.165, 1.54) is 11.0 Å². The Hall–Kier alpha value is -3.01. The lowest BCUT2D eigenvalue weighted by Gasteiger charge is -2.40. The Morgan fingerprint density at radius 3 is 2.86 bits per heavy atom. The summed E-state index contributed by atoms with van der Waals surface area (Å²) in [5.74, 6) is -0.968. The lowest BCUT2D eigenvalue weighted by molar-refractivity contribution is -0.384. The molecule has 148 valence electrons. The van der Waals surface area contributed by atoms with Gasteiger partial charge in [0.25, 0.3) is 11.2 Å². The first kappa shape index (κ1) is 19.7. The molecule has 1 aliphatic heterocycles. The van der Waals surface area contributed by atoms with Crippen molar-refractivity contribution < 1.29 is 14.1 Å². The Bertz CT molecular complexity index is 1010. The van der Waals surface area contributed by atoms with Crippen LogP contribution in [0.5, 0.6) is 0 Å². The Morgan fingerprint density at radius 2 is 2.21 bits per heavy atom. The number of nitro groups is 1. The van der Waals surface area contributed by atoms with Gasteiger partial charge in [-0.1, -0.05) is 18.5 Å². The number of rotatable bonds is 3. The minimum Gasteiger partial charge on any atom is -0.313 e. The summed E-state index contributed by atoms with van der Waals surface area (Å²) in [6, 6.07) is 1.83. The third-order valence-electron chi connectivity index (χ3n) is 4.66. The van der Waals surface area contributed by atoms with E-state index >= 15 is 0 Å². The van der Waals surface area contributed by atoms with E-state index in [2.05, 4.69) is 15.5 Å². The van der Waals surface area contributed by atoms with Crippen LogP contribution in [0.2, 0.25) is 5.02 Å². The molecular formula is C17H17ClFN5O4. The minimum atomic E-state index is -0.968. The summed E-state index contributed by atoms with van der Waals surface area (Å²) in [6.07, 6.45) is 0.937. The molecule has 11 heteroatoms. The smallest absolute Gasteiger partial charge is 0.313 e. The largest absolute Gasteiger partial charge is 0.322 e. The van der Waals surface area contributed by atoms with Gasteiger partial charge in [0, 0.05) is 12.1 Å². The first-order chi connectivity index (χ1) is 13.2. The molecule has 2 heterocycles. The zero-order valence-electron chi connectivity index (χ0n) is 15.0. The SMILES string of the molecule is CCC1c2n[nH]c(=O)cc2CC(C)N1C(=O)Nc1cc(Cl)c([N+](=O)[O-])cc1F. The van der Waals surface area contributed by atoms with E-state index in [4.69, 9.17) is 11.6 Å². The molecule has 0 spiro atoms. The van der Waals surface area contributed by atoms with E-state index in [0.717, 1.165) is 11.6 Å². The quantitative estimate of drug-likeness (QED) is 0.594. The fraction of sp³-hybridized carbons (Fsp3) is 0.353. The molecule has 2 amide bonds. The lowest BCUT2D eigenvalue weighted by Crippen LogP contribution is -2.48. The summed E-state index contributed by atoms with van der Waals surface area (Å²) in [5, 5.41) is 19.4. The van der Waals surface area contributed by atoms with Gasteiger partial charge in [-0.3, -0.25) is 14.9 Å². The van der Waals surface area contributed by atoms with Crippen LogP contribution in [0, 0.1) is 15.9 Å². The number of carbonyl (C=O) groups excluding carboxylic acids is 1. The minimum absolute atomic E-state index is 0.261. The van der Waals surface area contributed by atoms with Crippen molar-refractivity contribution >= 4 is 29.0 Å². The summed E-state index contributed by atoms with van der Waals surface area (Å²) in [7, 11) is 0. The van der Waals surface area contributed by atoms with Crippen molar-refractivity contribution in [3.63, 3.8) is 0 Å². The monoisotopic (exact) mass is 409 g/mol. The van der Waals surface area contributed by atoms with Gasteiger partial charge in [-0.2, -0.15) is 5.10 Å². The summed E-state index contributed by atoms with van der Waals surface area (Å²) in [6.45, 7) is 3.68. The molecule has 2 N–H and O–H groups in total. The molecule has 0 bridgehead atoms. The van der Waals surface area contributed by atoms with Crippen molar-refractivity contribution in [2.75, 3.05) is 5.32 Å². The van der Waals surface area contributed by atoms with E-state index in [1.807, 2.05) is 13.8 Å². The van der Waals surface area contributed by atoms with Gasteiger partial charge in [-0.05, 0) is 31.4 Å². The number of halogens is 2. The second-order valence-electron chi connectivity index (χ2n) is 6.50. The summed E-state index contributed by atoms with van der Waals surface area (Å²) in [5.41, 5.74) is 0.176. The number of benzene rings is 1. The molecule has 9 nitrogen and oxygen atoms in total. The number of anilines is 1. The van der Waals surface area contributed by atoms with E-state index in [9.17, 15) is 24.1 Å². The number of urea groups is 1. The van der Waals surface area contributed by atoms with Crippen LogP contribution >= 0.6 is 11.6 Å². The molecule has 3 rings (SSSR count). The summed E-state index contributed by atoms with van der Waals surface area (Å²) < 4.78 is 14.2.